The van der Waals surface area contributed by atoms with Crippen LogP contribution in [0.4, 0.5) is 0 Å². The molecular formula is C21H26O3. The summed E-state index contributed by atoms with van der Waals surface area (Å²) >= 11 is 0. The zero-order chi connectivity index (χ0) is 16.9. The fourth-order valence-corrected chi connectivity index (χ4v) is 3.67. The van der Waals surface area contributed by atoms with Crippen LogP contribution in [0.25, 0.3) is 0 Å². The second-order valence-electron chi connectivity index (χ2n) is 6.11. The monoisotopic (exact) mass is 326 g/mol. The van der Waals surface area contributed by atoms with E-state index in [1.165, 1.54) is 0 Å². The van der Waals surface area contributed by atoms with Crippen molar-refractivity contribution >= 4 is 0 Å². The molecule has 0 aromatic heterocycles. The summed E-state index contributed by atoms with van der Waals surface area (Å²) in [6.07, 6.45) is 1.39. The third-order valence-electron chi connectivity index (χ3n) is 4.64. The van der Waals surface area contributed by atoms with Crippen molar-refractivity contribution in [3.8, 4) is 0 Å². The van der Waals surface area contributed by atoms with Gasteiger partial charge in [-0.3, -0.25) is 0 Å². The molecule has 128 valence electrons. The van der Waals surface area contributed by atoms with Crippen molar-refractivity contribution < 1.29 is 14.2 Å². The Hall–Kier alpha value is -1.68. The second-order valence-corrected chi connectivity index (χ2v) is 6.11. The van der Waals surface area contributed by atoms with Crippen LogP contribution < -0.4 is 0 Å². The van der Waals surface area contributed by atoms with Gasteiger partial charge in [0.15, 0.2) is 5.79 Å². The molecule has 2 aromatic carbocycles. The molecule has 1 saturated heterocycles. The Morgan fingerprint density at radius 1 is 0.833 bits per heavy atom. The quantitative estimate of drug-likeness (QED) is 0.731. The minimum absolute atomic E-state index is 0.550. The summed E-state index contributed by atoms with van der Waals surface area (Å²) in [5, 5.41) is 0. The maximum absolute atomic E-state index is 6.43. The van der Waals surface area contributed by atoms with Gasteiger partial charge in [-0.25, -0.2) is 0 Å². The minimum Gasteiger partial charge on any atom is -0.365 e. The summed E-state index contributed by atoms with van der Waals surface area (Å²) in [5.74, 6) is -0.604. The van der Waals surface area contributed by atoms with Crippen molar-refractivity contribution in [3.05, 3.63) is 71.8 Å². The average molecular weight is 326 g/mol. The molecule has 2 aromatic rings. The van der Waals surface area contributed by atoms with Gasteiger partial charge >= 0.3 is 0 Å². The van der Waals surface area contributed by atoms with Crippen molar-refractivity contribution in [2.75, 3.05) is 19.8 Å². The minimum atomic E-state index is -0.604. The van der Waals surface area contributed by atoms with E-state index in [1.807, 2.05) is 26.0 Å². The molecule has 0 unspecified atom stereocenters. The molecule has 3 rings (SSSR count). The summed E-state index contributed by atoms with van der Waals surface area (Å²) in [7, 11) is 0. The maximum atomic E-state index is 6.43. The van der Waals surface area contributed by atoms with Crippen LogP contribution in [0.1, 0.15) is 37.8 Å². The Balaban J connectivity index is 2.08. The number of benzene rings is 2. The van der Waals surface area contributed by atoms with Crippen LogP contribution in [0.2, 0.25) is 0 Å². The highest BCUT2D eigenvalue weighted by atomic mass is 16.7. The molecule has 1 heterocycles. The first-order chi connectivity index (χ1) is 11.7. The van der Waals surface area contributed by atoms with Crippen LogP contribution in [0.3, 0.4) is 0 Å². The Morgan fingerprint density at radius 2 is 1.33 bits per heavy atom. The lowest BCUT2D eigenvalue weighted by Gasteiger charge is -2.47. The largest absolute Gasteiger partial charge is 0.365 e. The zero-order valence-electron chi connectivity index (χ0n) is 14.5. The smallest absolute Gasteiger partial charge is 0.173 e. The lowest BCUT2D eigenvalue weighted by Crippen LogP contribution is -2.51. The van der Waals surface area contributed by atoms with Gasteiger partial charge in [0.1, 0.15) is 5.60 Å². The van der Waals surface area contributed by atoms with Gasteiger partial charge in [0.25, 0.3) is 0 Å². The fourth-order valence-electron chi connectivity index (χ4n) is 3.67. The molecule has 0 saturated carbocycles. The van der Waals surface area contributed by atoms with Gasteiger partial charge in [-0.15, -0.1) is 0 Å². The number of rotatable bonds is 6. The molecule has 1 aliphatic rings. The van der Waals surface area contributed by atoms with Gasteiger partial charge in [0.05, 0.1) is 6.61 Å². The predicted molar refractivity (Wildman–Crippen MR) is 94.8 cm³/mol. The molecule has 1 aliphatic heterocycles. The molecule has 0 bridgehead atoms. The molecule has 1 fully saturated rings. The molecule has 0 N–H and O–H groups in total. The van der Waals surface area contributed by atoms with Crippen LogP contribution in [0.5, 0.6) is 0 Å². The van der Waals surface area contributed by atoms with E-state index in [2.05, 4.69) is 48.5 Å². The molecule has 3 heteroatoms. The van der Waals surface area contributed by atoms with Crippen LogP contribution >= 0.6 is 0 Å². The highest BCUT2D eigenvalue weighted by Crippen LogP contribution is 2.46. The van der Waals surface area contributed by atoms with E-state index in [0.29, 0.717) is 26.2 Å². The molecule has 24 heavy (non-hydrogen) atoms. The highest BCUT2D eigenvalue weighted by molar-refractivity contribution is 5.37. The van der Waals surface area contributed by atoms with Crippen LogP contribution in [0.15, 0.2) is 60.7 Å². The molecule has 0 amide bonds. The van der Waals surface area contributed by atoms with Crippen LogP contribution in [-0.2, 0) is 19.8 Å². The molecule has 0 radical (unpaired) electrons. The lowest BCUT2D eigenvalue weighted by molar-refractivity contribution is -0.292. The third kappa shape index (κ3) is 3.25. The number of hydrogen-bond acceptors (Lipinski definition) is 3. The molecule has 0 spiro atoms. The number of ether oxygens (including phenoxy) is 3. The standard InChI is InChI=1S/C21H26O3/c1-3-22-20(23-4-2)15-16-24-21(17-20,18-11-7-5-8-12-18)19-13-9-6-10-14-19/h5-14H,3-4,15-17H2,1-2H3. The summed E-state index contributed by atoms with van der Waals surface area (Å²) in [6, 6.07) is 20.8. The van der Waals surface area contributed by atoms with Gasteiger partial charge < -0.3 is 14.2 Å². The highest BCUT2D eigenvalue weighted by Gasteiger charge is 2.49. The van der Waals surface area contributed by atoms with Crippen molar-refractivity contribution in [1.82, 2.24) is 0 Å². The van der Waals surface area contributed by atoms with Gasteiger partial charge in [0.2, 0.25) is 0 Å². The summed E-state index contributed by atoms with van der Waals surface area (Å²) in [5.41, 5.74) is 1.73. The topological polar surface area (TPSA) is 27.7 Å². The Morgan fingerprint density at radius 3 is 1.79 bits per heavy atom. The lowest BCUT2D eigenvalue weighted by atomic mass is 9.78. The maximum Gasteiger partial charge on any atom is 0.173 e. The SMILES string of the molecule is CCOC1(OCC)CCOC(c2ccccc2)(c2ccccc2)C1. The summed E-state index contributed by atoms with van der Waals surface area (Å²) < 4.78 is 18.6. The van der Waals surface area contributed by atoms with E-state index < -0.39 is 11.4 Å². The summed E-state index contributed by atoms with van der Waals surface area (Å²) in [6.45, 7) is 5.88. The van der Waals surface area contributed by atoms with Gasteiger partial charge in [-0.1, -0.05) is 60.7 Å². The average Bonchev–Trinajstić information content (AvgIpc) is 2.64. The van der Waals surface area contributed by atoms with E-state index in [0.717, 1.165) is 17.5 Å². The first-order valence-electron chi connectivity index (χ1n) is 8.77. The normalized spacial score (nSPS) is 19.1. The van der Waals surface area contributed by atoms with E-state index >= 15 is 0 Å². The molecular weight excluding hydrogens is 300 g/mol. The third-order valence-corrected chi connectivity index (χ3v) is 4.64. The second kappa shape index (κ2) is 7.47. The van der Waals surface area contributed by atoms with Crippen molar-refractivity contribution in [1.29, 1.82) is 0 Å². The first kappa shape index (κ1) is 17.2. The van der Waals surface area contributed by atoms with Crippen LogP contribution in [0, 0.1) is 0 Å². The van der Waals surface area contributed by atoms with Gasteiger partial charge in [-0.05, 0) is 25.0 Å². The van der Waals surface area contributed by atoms with Gasteiger partial charge in [0, 0.05) is 26.1 Å². The molecule has 0 atom stereocenters. The fraction of sp³-hybridized carbons (Fsp3) is 0.429. The van der Waals surface area contributed by atoms with Crippen molar-refractivity contribution in [3.63, 3.8) is 0 Å². The molecule has 3 nitrogen and oxygen atoms in total. The van der Waals surface area contributed by atoms with Crippen molar-refractivity contribution in [2.45, 2.75) is 38.1 Å². The number of hydrogen-bond donors (Lipinski definition) is 0. The van der Waals surface area contributed by atoms with E-state index in [1.54, 1.807) is 0 Å². The van der Waals surface area contributed by atoms with E-state index in [-0.39, 0.29) is 0 Å². The van der Waals surface area contributed by atoms with E-state index in [9.17, 15) is 0 Å². The van der Waals surface area contributed by atoms with Crippen molar-refractivity contribution in [2.24, 2.45) is 0 Å². The zero-order valence-corrected chi connectivity index (χ0v) is 14.5. The summed E-state index contributed by atoms with van der Waals surface area (Å²) in [4.78, 5) is 0. The Labute approximate surface area is 144 Å². The predicted octanol–water partition coefficient (Wildman–Crippen LogP) is 4.51. The Bertz CT molecular complexity index is 573. The van der Waals surface area contributed by atoms with Gasteiger partial charge in [-0.2, -0.15) is 0 Å². The Kier molecular flexibility index (Phi) is 5.34. The van der Waals surface area contributed by atoms with E-state index in [4.69, 9.17) is 14.2 Å². The molecule has 0 aliphatic carbocycles. The van der Waals surface area contributed by atoms with Crippen LogP contribution in [-0.4, -0.2) is 25.6 Å². The first-order valence-corrected chi connectivity index (χ1v) is 8.77.